The lowest BCUT2D eigenvalue weighted by molar-refractivity contribution is 0.0407. The van der Waals surface area contributed by atoms with Gasteiger partial charge in [-0.05, 0) is 88.5 Å². The van der Waals surface area contributed by atoms with Gasteiger partial charge < -0.3 is 5.32 Å². The lowest BCUT2D eigenvalue weighted by Crippen LogP contribution is -2.48. The molecule has 1 N–H and O–H groups in total. The monoisotopic (exact) mass is 413 g/mol. The molecule has 6 heteroatoms. The van der Waals surface area contributed by atoms with Crippen molar-refractivity contribution in [1.82, 2.24) is 15.2 Å². The first-order valence-corrected chi connectivity index (χ1v) is 10.2. The predicted octanol–water partition coefficient (Wildman–Crippen LogP) is 4.13. The molecular formula is C21H33Cl2N3O. The maximum absolute atomic E-state index is 12.8. The zero-order valence-electron chi connectivity index (χ0n) is 16.1. The van der Waals surface area contributed by atoms with Gasteiger partial charge >= 0.3 is 0 Å². The summed E-state index contributed by atoms with van der Waals surface area (Å²) in [6.07, 6.45) is 12.0. The highest BCUT2D eigenvalue weighted by Gasteiger charge is 2.39. The van der Waals surface area contributed by atoms with E-state index in [9.17, 15) is 4.79 Å². The van der Waals surface area contributed by atoms with Crippen LogP contribution in [0.5, 0.6) is 0 Å². The molecule has 3 aliphatic rings. The van der Waals surface area contributed by atoms with Crippen molar-refractivity contribution in [2.24, 2.45) is 11.3 Å². The Kier molecular flexibility index (Phi) is 8.54. The number of likely N-dealkylation sites (tertiary alicyclic amines) is 1. The van der Waals surface area contributed by atoms with E-state index in [2.05, 4.69) is 15.2 Å². The van der Waals surface area contributed by atoms with Crippen LogP contribution in [0.3, 0.4) is 0 Å². The average molecular weight is 414 g/mol. The lowest BCUT2D eigenvalue weighted by Gasteiger charge is -2.47. The van der Waals surface area contributed by atoms with E-state index in [1.165, 1.54) is 58.2 Å². The fourth-order valence-electron chi connectivity index (χ4n) is 5.31. The summed E-state index contributed by atoms with van der Waals surface area (Å²) in [5.74, 6) is 0.384. The normalized spacial score (nSPS) is 26.0. The van der Waals surface area contributed by atoms with Crippen LogP contribution >= 0.6 is 24.8 Å². The summed E-state index contributed by atoms with van der Waals surface area (Å²) in [5, 5.41) is 3.51. The van der Waals surface area contributed by atoms with Gasteiger partial charge in [0.2, 0.25) is 0 Å². The molecule has 27 heavy (non-hydrogen) atoms. The van der Waals surface area contributed by atoms with Crippen molar-refractivity contribution in [3.05, 3.63) is 30.1 Å². The number of aromatic nitrogens is 1. The zero-order chi connectivity index (χ0) is 17.1. The molecule has 152 valence electrons. The first-order valence-electron chi connectivity index (χ1n) is 10.2. The van der Waals surface area contributed by atoms with E-state index >= 15 is 0 Å². The fourth-order valence-corrected chi connectivity index (χ4v) is 5.31. The molecule has 3 heterocycles. The highest BCUT2D eigenvalue weighted by atomic mass is 35.5. The quantitative estimate of drug-likeness (QED) is 0.756. The number of carbonyl (C=O) groups is 1. The Labute approximate surface area is 175 Å². The number of ketones is 1. The summed E-state index contributed by atoms with van der Waals surface area (Å²) in [7, 11) is 0. The number of carbonyl (C=O) groups excluding carboxylic acids is 1. The molecule has 1 atom stereocenters. The summed E-state index contributed by atoms with van der Waals surface area (Å²) in [4.78, 5) is 19.7. The second-order valence-corrected chi connectivity index (χ2v) is 8.39. The van der Waals surface area contributed by atoms with E-state index in [0.29, 0.717) is 17.2 Å². The Morgan fingerprint density at radius 3 is 2.48 bits per heavy atom. The van der Waals surface area contributed by atoms with Crippen molar-refractivity contribution < 1.29 is 4.79 Å². The van der Waals surface area contributed by atoms with Crippen LogP contribution in [-0.4, -0.2) is 47.9 Å². The van der Waals surface area contributed by atoms with Gasteiger partial charge in [-0.15, -0.1) is 24.8 Å². The number of hydrogen-bond acceptors (Lipinski definition) is 4. The third-order valence-corrected chi connectivity index (χ3v) is 6.94. The van der Waals surface area contributed by atoms with E-state index in [-0.39, 0.29) is 36.5 Å². The van der Waals surface area contributed by atoms with Gasteiger partial charge in [0.1, 0.15) is 5.69 Å². The standard InChI is InChI=1S/C21H31N3O.2ClH/c25-20(19-5-1-2-12-23-19)17-4-3-15-24(16-17)18-6-8-21(9-7-18)10-13-22-14-11-21;;/h1-2,5,12,17-18,22H,3-4,6-11,13-16H2;2*1H. The smallest absolute Gasteiger partial charge is 0.185 e. The minimum atomic E-state index is 0. The van der Waals surface area contributed by atoms with Crippen molar-refractivity contribution in [2.45, 2.75) is 57.4 Å². The van der Waals surface area contributed by atoms with Crippen molar-refractivity contribution in [3.8, 4) is 0 Å². The van der Waals surface area contributed by atoms with Crippen molar-refractivity contribution in [3.63, 3.8) is 0 Å². The van der Waals surface area contributed by atoms with Gasteiger partial charge in [-0.3, -0.25) is 14.7 Å². The van der Waals surface area contributed by atoms with Crippen LogP contribution in [-0.2, 0) is 0 Å². The molecule has 2 saturated heterocycles. The SMILES string of the molecule is Cl.Cl.O=C(c1ccccn1)C1CCCN(C2CCC3(CCNCC3)CC2)C1. The molecule has 4 rings (SSSR count). The number of piperidine rings is 2. The van der Waals surface area contributed by atoms with Crippen molar-refractivity contribution in [2.75, 3.05) is 26.2 Å². The lowest BCUT2D eigenvalue weighted by atomic mass is 9.67. The van der Waals surface area contributed by atoms with E-state index < -0.39 is 0 Å². The van der Waals surface area contributed by atoms with Gasteiger partial charge in [0.15, 0.2) is 5.78 Å². The molecule has 1 aromatic rings. The van der Waals surface area contributed by atoms with Gasteiger partial charge in [-0.1, -0.05) is 6.07 Å². The second kappa shape index (κ2) is 10.2. The van der Waals surface area contributed by atoms with Crippen molar-refractivity contribution in [1.29, 1.82) is 0 Å². The Morgan fingerprint density at radius 2 is 1.81 bits per heavy atom. The molecule has 1 saturated carbocycles. The third-order valence-electron chi connectivity index (χ3n) is 6.94. The van der Waals surface area contributed by atoms with Gasteiger partial charge in [0, 0.05) is 24.7 Å². The molecule has 4 nitrogen and oxygen atoms in total. The minimum Gasteiger partial charge on any atom is -0.317 e. The summed E-state index contributed by atoms with van der Waals surface area (Å²) < 4.78 is 0. The largest absolute Gasteiger partial charge is 0.317 e. The number of hydrogen-bond donors (Lipinski definition) is 1. The molecule has 0 amide bonds. The van der Waals surface area contributed by atoms with Crippen LogP contribution < -0.4 is 5.32 Å². The predicted molar refractivity (Wildman–Crippen MR) is 114 cm³/mol. The summed E-state index contributed by atoms with van der Waals surface area (Å²) in [6, 6.07) is 6.35. The minimum absolute atomic E-state index is 0. The Balaban J connectivity index is 0.00000131. The summed E-state index contributed by atoms with van der Waals surface area (Å²) in [6.45, 7) is 4.52. The third kappa shape index (κ3) is 5.23. The van der Waals surface area contributed by atoms with Gasteiger partial charge in [0.05, 0.1) is 0 Å². The number of Topliss-reactive ketones (excluding diaryl/α,β-unsaturated/α-hetero) is 1. The van der Waals surface area contributed by atoms with Crippen LogP contribution in [0.4, 0.5) is 0 Å². The molecule has 0 bridgehead atoms. The maximum atomic E-state index is 12.8. The molecule has 1 aliphatic carbocycles. The van der Waals surface area contributed by atoms with Gasteiger partial charge in [-0.2, -0.15) is 0 Å². The second-order valence-electron chi connectivity index (χ2n) is 8.39. The first kappa shape index (κ1) is 22.6. The van der Waals surface area contributed by atoms with Gasteiger partial charge in [0.25, 0.3) is 0 Å². The number of rotatable bonds is 3. The number of nitrogens with one attached hydrogen (secondary N) is 1. The highest BCUT2D eigenvalue weighted by Crippen LogP contribution is 2.44. The average Bonchev–Trinajstić information content (AvgIpc) is 2.69. The zero-order valence-corrected chi connectivity index (χ0v) is 17.7. The number of pyridine rings is 1. The molecule has 0 radical (unpaired) electrons. The van der Waals surface area contributed by atoms with E-state index in [1.54, 1.807) is 6.20 Å². The van der Waals surface area contributed by atoms with Gasteiger partial charge in [-0.25, -0.2) is 0 Å². The van der Waals surface area contributed by atoms with E-state index in [0.717, 1.165) is 19.4 Å². The molecule has 1 aromatic heterocycles. The Morgan fingerprint density at radius 1 is 1.07 bits per heavy atom. The molecule has 1 spiro atoms. The van der Waals surface area contributed by atoms with Crippen LogP contribution in [0, 0.1) is 11.3 Å². The van der Waals surface area contributed by atoms with Crippen LogP contribution in [0.1, 0.15) is 61.9 Å². The van der Waals surface area contributed by atoms with E-state index in [4.69, 9.17) is 0 Å². The first-order chi connectivity index (χ1) is 12.3. The molecule has 2 aliphatic heterocycles. The number of nitrogens with zero attached hydrogens (tertiary/aromatic N) is 2. The molecule has 3 fully saturated rings. The fraction of sp³-hybridized carbons (Fsp3) is 0.714. The summed E-state index contributed by atoms with van der Waals surface area (Å²) in [5.41, 5.74) is 1.27. The van der Waals surface area contributed by atoms with Crippen LogP contribution in [0.2, 0.25) is 0 Å². The molecular weight excluding hydrogens is 381 g/mol. The Bertz CT molecular complexity index is 582. The highest BCUT2D eigenvalue weighted by molar-refractivity contribution is 5.96. The van der Waals surface area contributed by atoms with Crippen LogP contribution in [0.25, 0.3) is 0 Å². The topological polar surface area (TPSA) is 45.2 Å². The summed E-state index contributed by atoms with van der Waals surface area (Å²) >= 11 is 0. The van der Waals surface area contributed by atoms with Crippen LogP contribution in [0.15, 0.2) is 24.4 Å². The maximum Gasteiger partial charge on any atom is 0.185 e. The molecule has 1 unspecified atom stereocenters. The molecule has 0 aromatic carbocycles. The van der Waals surface area contributed by atoms with E-state index in [1.807, 2.05) is 18.2 Å². The van der Waals surface area contributed by atoms with Crippen molar-refractivity contribution >= 4 is 30.6 Å². The number of halogens is 2. The Hall–Kier alpha value is -0.680.